The van der Waals surface area contributed by atoms with Crippen LogP contribution in [0, 0.1) is 17.8 Å². The zero-order valence-corrected chi connectivity index (χ0v) is 17.9. The Labute approximate surface area is 172 Å². The van der Waals surface area contributed by atoms with Gasteiger partial charge >= 0.3 is 5.97 Å². The Hall–Kier alpha value is -0.580. The van der Waals surface area contributed by atoms with E-state index >= 15 is 0 Å². The summed E-state index contributed by atoms with van der Waals surface area (Å²) in [5.41, 5.74) is 0. The fraction of sp³-hybridized carbons (Fsp3) is 0.773. The molecule has 3 rings (SSSR count). The van der Waals surface area contributed by atoms with E-state index in [9.17, 15) is 9.90 Å². The third kappa shape index (κ3) is 5.71. The lowest BCUT2D eigenvalue weighted by atomic mass is 9.80. The number of rotatable bonds is 8. The van der Waals surface area contributed by atoms with Crippen LogP contribution in [0.1, 0.15) is 78.8 Å². The van der Waals surface area contributed by atoms with Gasteiger partial charge in [-0.1, -0.05) is 38.5 Å². The second-order valence-electron chi connectivity index (χ2n) is 8.38. The van der Waals surface area contributed by atoms with Crippen molar-refractivity contribution in [1.29, 1.82) is 0 Å². The van der Waals surface area contributed by atoms with Gasteiger partial charge in [0.05, 0.1) is 13.2 Å². The van der Waals surface area contributed by atoms with Crippen molar-refractivity contribution in [3.05, 3.63) is 21.9 Å². The summed E-state index contributed by atoms with van der Waals surface area (Å²) in [5, 5.41) is 10.6. The first-order chi connectivity index (χ1) is 13.1. The van der Waals surface area contributed by atoms with Crippen molar-refractivity contribution in [1.82, 2.24) is 0 Å². The predicted octanol–water partition coefficient (Wildman–Crippen LogP) is 5.82. The minimum Gasteiger partial charge on any atom is -0.465 e. The van der Waals surface area contributed by atoms with Crippen molar-refractivity contribution >= 4 is 28.9 Å². The van der Waals surface area contributed by atoms with Gasteiger partial charge in [-0.05, 0) is 62.0 Å². The van der Waals surface area contributed by atoms with E-state index in [0.717, 1.165) is 38.0 Å². The lowest BCUT2D eigenvalue weighted by Gasteiger charge is -2.27. The maximum absolute atomic E-state index is 11.6. The van der Waals surface area contributed by atoms with Crippen molar-refractivity contribution in [2.45, 2.75) is 82.1 Å². The first-order valence-corrected chi connectivity index (χ1v) is 11.8. The zero-order valence-electron chi connectivity index (χ0n) is 16.4. The lowest BCUT2D eigenvalue weighted by Crippen LogP contribution is -2.22. The molecule has 0 spiro atoms. The summed E-state index contributed by atoms with van der Waals surface area (Å²) in [6.45, 7) is 0. The van der Waals surface area contributed by atoms with Gasteiger partial charge in [-0.2, -0.15) is 0 Å². The van der Waals surface area contributed by atoms with Gasteiger partial charge in [-0.25, -0.2) is 4.79 Å². The number of hydrogen-bond acceptors (Lipinski definition) is 4. The van der Waals surface area contributed by atoms with E-state index < -0.39 is 0 Å². The van der Waals surface area contributed by atoms with Crippen LogP contribution in [-0.4, -0.2) is 29.7 Å². The van der Waals surface area contributed by atoms with Crippen LogP contribution >= 0.6 is 22.9 Å². The molecule has 0 aromatic carbocycles. The maximum Gasteiger partial charge on any atom is 0.348 e. The number of hydrogen-bond donors (Lipinski definition) is 1. The summed E-state index contributed by atoms with van der Waals surface area (Å²) in [5.74, 6) is 1.39. The molecule has 0 radical (unpaired) electrons. The van der Waals surface area contributed by atoms with Gasteiger partial charge in [-0.3, -0.25) is 0 Å². The number of esters is 1. The monoisotopic (exact) mass is 412 g/mol. The van der Waals surface area contributed by atoms with Crippen LogP contribution in [0.3, 0.4) is 0 Å². The number of carbonyl (C=O) groups is 1. The Balaban J connectivity index is 1.47. The van der Waals surface area contributed by atoms with Crippen LogP contribution in [0.15, 0.2) is 12.1 Å². The average molecular weight is 413 g/mol. The fourth-order valence-corrected chi connectivity index (χ4v) is 6.54. The van der Waals surface area contributed by atoms with Crippen LogP contribution in [-0.2, 0) is 11.2 Å². The van der Waals surface area contributed by atoms with Crippen LogP contribution in [0.25, 0.3) is 0 Å². The van der Waals surface area contributed by atoms with Crippen molar-refractivity contribution in [3.8, 4) is 0 Å². The molecule has 2 saturated carbocycles. The molecule has 2 aliphatic rings. The number of methoxy groups -OCH3 is 1. The number of aliphatic hydroxyl groups excluding tert-OH is 1. The molecule has 1 N–H and O–H groups in total. The van der Waals surface area contributed by atoms with Gasteiger partial charge in [0.1, 0.15) is 4.88 Å². The number of aryl methyl sites for hydroxylation is 1. The van der Waals surface area contributed by atoms with E-state index in [1.807, 2.05) is 12.1 Å². The van der Waals surface area contributed by atoms with Crippen LogP contribution in [0.5, 0.6) is 0 Å². The quantitative estimate of drug-likeness (QED) is 0.432. The summed E-state index contributed by atoms with van der Waals surface area (Å²) < 4.78 is 4.78. The van der Waals surface area contributed by atoms with Crippen molar-refractivity contribution in [2.75, 3.05) is 7.11 Å². The predicted molar refractivity (Wildman–Crippen MR) is 112 cm³/mol. The Bertz CT molecular complexity index is 596. The van der Waals surface area contributed by atoms with Gasteiger partial charge in [0.15, 0.2) is 0 Å². The Morgan fingerprint density at radius 1 is 1.19 bits per heavy atom. The van der Waals surface area contributed by atoms with Gasteiger partial charge < -0.3 is 9.84 Å². The number of alkyl halides is 1. The fourth-order valence-electron chi connectivity index (χ4n) is 5.07. The molecular formula is C22H33ClO3S. The highest BCUT2D eigenvalue weighted by Gasteiger charge is 2.40. The molecule has 0 saturated heterocycles. The minimum absolute atomic E-state index is 0.102. The van der Waals surface area contributed by atoms with Gasteiger partial charge in [0.25, 0.3) is 0 Å². The molecule has 5 heteroatoms. The molecule has 0 bridgehead atoms. The molecule has 1 aromatic heterocycles. The highest BCUT2D eigenvalue weighted by molar-refractivity contribution is 7.13. The molecule has 0 amide bonds. The molecule has 1 aromatic rings. The zero-order chi connectivity index (χ0) is 19.2. The van der Waals surface area contributed by atoms with Crippen LogP contribution in [0.2, 0.25) is 0 Å². The molecule has 0 aliphatic heterocycles. The average Bonchev–Trinajstić information content (AvgIpc) is 3.25. The number of ether oxygens (including phenoxy) is 1. The summed E-state index contributed by atoms with van der Waals surface area (Å²) in [7, 11) is 1.42. The van der Waals surface area contributed by atoms with E-state index in [4.69, 9.17) is 16.3 Å². The highest BCUT2D eigenvalue weighted by atomic mass is 35.5. The Morgan fingerprint density at radius 3 is 2.70 bits per heavy atom. The molecule has 27 heavy (non-hydrogen) atoms. The molecule has 3 nitrogen and oxygen atoms in total. The second-order valence-corrected chi connectivity index (χ2v) is 10.1. The standard InChI is InChI=1S/C22H33ClO3S/c1-26-22(25)21-13-11-16(27-21)8-5-9-17-18(20(24)14-19(17)23)12-10-15-6-3-2-4-7-15/h11,13,15,17-20,24H,2-10,12,14H2,1H3. The first kappa shape index (κ1) is 21.1. The Kier molecular flexibility index (Phi) is 8.04. The molecule has 2 fully saturated rings. The van der Waals surface area contributed by atoms with E-state index in [-0.39, 0.29) is 17.5 Å². The van der Waals surface area contributed by atoms with Crippen LogP contribution in [0.4, 0.5) is 0 Å². The first-order valence-electron chi connectivity index (χ1n) is 10.6. The van der Waals surface area contributed by atoms with E-state index in [2.05, 4.69) is 0 Å². The lowest BCUT2D eigenvalue weighted by molar-refractivity contribution is 0.0606. The van der Waals surface area contributed by atoms with Crippen molar-refractivity contribution < 1.29 is 14.6 Å². The molecule has 152 valence electrons. The molecule has 4 unspecified atom stereocenters. The highest BCUT2D eigenvalue weighted by Crippen LogP contribution is 2.43. The molecule has 2 aliphatic carbocycles. The summed E-state index contributed by atoms with van der Waals surface area (Å²) in [6, 6.07) is 3.88. The molecular weight excluding hydrogens is 380 g/mol. The number of carbonyl (C=O) groups excluding carboxylic acids is 1. The normalized spacial score (nSPS) is 29.1. The number of thiophene rings is 1. The van der Waals surface area contributed by atoms with Gasteiger partial charge in [-0.15, -0.1) is 22.9 Å². The summed E-state index contributed by atoms with van der Waals surface area (Å²) in [4.78, 5) is 13.5. The topological polar surface area (TPSA) is 46.5 Å². The largest absolute Gasteiger partial charge is 0.465 e. The van der Waals surface area contributed by atoms with Crippen molar-refractivity contribution in [2.24, 2.45) is 17.8 Å². The second kappa shape index (κ2) is 10.3. The Morgan fingerprint density at radius 2 is 1.96 bits per heavy atom. The molecule has 4 atom stereocenters. The number of aliphatic hydroxyl groups is 1. The number of halogens is 1. The smallest absolute Gasteiger partial charge is 0.348 e. The summed E-state index contributed by atoms with van der Waals surface area (Å²) >= 11 is 8.14. The van der Waals surface area contributed by atoms with E-state index in [1.165, 1.54) is 61.8 Å². The van der Waals surface area contributed by atoms with E-state index in [1.54, 1.807) is 0 Å². The third-order valence-corrected chi connectivity index (χ3v) is 8.24. The maximum atomic E-state index is 11.6. The van der Waals surface area contributed by atoms with Crippen molar-refractivity contribution in [3.63, 3.8) is 0 Å². The van der Waals surface area contributed by atoms with Gasteiger partial charge in [0, 0.05) is 10.3 Å². The van der Waals surface area contributed by atoms with Crippen LogP contribution < -0.4 is 0 Å². The van der Waals surface area contributed by atoms with E-state index in [0.29, 0.717) is 16.7 Å². The molecule has 1 heterocycles. The third-order valence-electron chi connectivity index (χ3n) is 6.62. The SMILES string of the molecule is COC(=O)c1ccc(CCCC2C(Cl)CC(O)C2CCC2CCCCC2)s1. The summed E-state index contributed by atoms with van der Waals surface area (Å²) in [6.07, 6.45) is 12.9. The van der Waals surface area contributed by atoms with Gasteiger partial charge in [0.2, 0.25) is 0 Å². The minimum atomic E-state index is -0.256.